The molecule has 0 bridgehead atoms. The summed E-state index contributed by atoms with van der Waals surface area (Å²) in [5.41, 5.74) is 2.21. The van der Waals surface area contributed by atoms with Crippen molar-refractivity contribution >= 4 is 6.08 Å². The van der Waals surface area contributed by atoms with Gasteiger partial charge in [0.1, 0.15) is 18.3 Å². The van der Waals surface area contributed by atoms with Crippen LogP contribution >= 0.6 is 0 Å². The summed E-state index contributed by atoms with van der Waals surface area (Å²) in [5, 5.41) is 10.1. The van der Waals surface area contributed by atoms with Crippen LogP contribution in [0.15, 0.2) is 66.7 Å². The van der Waals surface area contributed by atoms with Crippen molar-refractivity contribution in [1.82, 2.24) is 0 Å². The Morgan fingerprint density at radius 2 is 1.58 bits per heavy atom. The lowest BCUT2D eigenvalue weighted by Crippen LogP contribution is -2.11. The van der Waals surface area contributed by atoms with E-state index in [1.165, 1.54) is 0 Å². The molecule has 3 rings (SSSR count). The number of aliphatic hydroxyl groups excluding tert-OH is 1. The number of ether oxygens (including phenoxy) is 1. The molecule has 2 heteroatoms. The van der Waals surface area contributed by atoms with Gasteiger partial charge < -0.3 is 9.84 Å². The van der Waals surface area contributed by atoms with E-state index in [0.29, 0.717) is 0 Å². The summed E-state index contributed by atoms with van der Waals surface area (Å²) in [4.78, 5) is 0. The summed E-state index contributed by atoms with van der Waals surface area (Å²) in [6.45, 7) is 0. The van der Waals surface area contributed by atoms with Crippen molar-refractivity contribution in [3.63, 3.8) is 0 Å². The molecule has 3 atom stereocenters. The van der Waals surface area contributed by atoms with Gasteiger partial charge in [0.25, 0.3) is 0 Å². The standard InChI is InChI=1S/C17H16O2/c18-15(12-11-13-7-3-1-4-8-13)17-16(19-17)14-9-5-2-6-10-14/h1-12,15-18H/b12-11+/t15-,16-,17-/m1/s1. The highest BCUT2D eigenvalue weighted by Gasteiger charge is 2.44. The van der Waals surface area contributed by atoms with Crippen LogP contribution in [0, 0.1) is 0 Å². The molecule has 0 saturated carbocycles. The Morgan fingerprint density at radius 3 is 2.26 bits per heavy atom. The predicted molar refractivity (Wildman–Crippen MR) is 75.5 cm³/mol. The molecule has 1 N–H and O–H groups in total. The first-order chi connectivity index (χ1) is 9.34. The Kier molecular flexibility index (Phi) is 3.45. The molecular weight excluding hydrogens is 236 g/mol. The van der Waals surface area contributed by atoms with Crippen LogP contribution in [0.3, 0.4) is 0 Å². The van der Waals surface area contributed by atoms with Gasteiger partial charge in [-0.05, 0) is 11.1 Å². The van der Waals surface area contributed by atoms with Crippen molar-refractivity contribution in [2.45, 2.75) is 18.3 Å². The molecule has 1 heterocycles. The molecule has 2 nitrogen and oxygen atoms in total. The topological polar surface area (TPSA) is 32.8 Å². The highest BCUT2D eigenvalue weighted by atomic mass is 16.6. The zero-order valence-corrected chi connectivity index (χ0v) is 10.5. The normalized spacial score (nSPS) is 23.4. The number of epoxide rings is 1. The Balaban J connectivity index is 1.61. The Labute approximate surface area is 113 Å². The fourth-order valence-electron chi connectivity index (χ4n) is 2.18. The third-order valence-electron chi connectivity index (χ3n) is 3.28. The first-order valence-corrected chi connectivity index (χ1v) is 6.46. The molecular formula is C17H16O2. The molecule has 2 aromatic rings. The second-order valence-corrected chi connectivity index (χ2v) is 4.69. The van der Waals surface area contributed by atoms with Crippen molar-refractivity contribution in [3.05, 3.63) is 77.9 Å². The Bertz CT molecular complexity index is 548. The average Bonchev–Trinajstić information content (AvgIpc) is 3.27. The third kappa shape index (κ3) is 2.92. The van der Waals surface area contributed by atoms with E-state index >= 15 is 0 Å². The average molecular weight is 252 g/mol. The minimum absolute atomic E-state index is 0.0247. The smallest absolute Gasteiger partial charge is 0.118 e. The molecule has 0 unspecified atom stereocenters. The molecule has 1 fully saturated rings. The summed E-state index contributed by atoms with van der Waals surface area (Å²) < 4.78 is 5.55. The van der Waals surface area contributed by atoms with Gasteiger partial charge in [-0.15, -0.1) is 0 Å². The van der Waals surface area contributed by atoms with Crippen LogP contribution in [-0.4, -0.2) is 17.3 Å². The number of rotatable bonds is 4. The summed E-state index contributed by atoms with van der Waals surface area (Å²) >= 11 is 0. The van der Waals surface area contributed by atoms with E-state index in [1.807, 2.05) is 66.7 Å². The van der Waals surface area contributed by atoms with Crippen LogP contribution in [0.5, 0.6) is 0 Å². The number of hydrogen-bond acceptors (Lipinski definition) is 2. The van der Waals surface area contributed by atoms with Crippen LogP contribution in [0.2, 0.25) is 0 Å². The maximum atomic E-state index is 10.1. The number of benzene rings is 2. The molecule has 0 spiro atoms. The monoisotopic (exact) mass is 252 g/mol. The van der Waals surface area contributed by atoms with Gasteiger partial charge in [-0.1, -0.05) is 72.8 Å². The quantitative estimate of drug-likeness (QED) is 0.848. The summed E-state index contributed by atoms with van der Waals surface area (Å²) in [5.74, 6) is 0. The molecule has 1 aliphatic heterocycles. The zero-order chi connectivity index (χ0) is 13.1. The lowest BCUT2D eigenvalue weighted by Gasteiger charge is -2.01. The zero-order valence-electron chi connectivity index (χ0n) is 10.5. The van der Waals surface area contributed by atoms with Crippen molar-refractivity contribution in [2.24, 2.45) is 0 Å². The highest BCUT2D eigenvalue weighted by Crippen LogP contribution is 2.40. The van der Waals surface area contributed by atoms with E-state index in [-0.39, 0.29) is 12.2 Å². The van der Waals surface area contributed by atoms with Gasteiger partial charge in [0.15, 0.2) is 0 Å². The maximum absolute atomic E-state index is 10.1. The maximum Gasteiger partial charge on any atom is 0.118 e. The van der Waals surface area contributed by atoms with Crippen molar-refractivity contribution in [3.8, 4) is 0 Å². The summed E-state index contributed by atoms with van der Waals surface area (Å²) in [6.07, 6.45) is 3.06. The second kappa shape index (κ2) is 5.39. The van der Waals surface area contributed by atoms with Gasteiger partial charge >= 0.3 is 0 Å². The van der Waals surface area contributed by atoms with E-state index in [0.717, 1.165) is 11.1 Å². The van der Waals surface area contributed by atoms with Crippen LogP contribution in [0.4, 0.5) is 0 Å². The summed E-state index contributed by atoms with van der Waals surface area (Å²) in [7, 11) is 0. The van der Waals surface area contributed by atoms with E-state index in [2.05, 4.69) is 0 Å². The van der Waals surface area contributed by atoms with Gasteiger partial charge in [-0.3, -0.25) is 0 Å². The van der Waals surface area contributed by atoms with E-state index in [1.54, 1.807) is 6.08 Å². The van der Waals surface area contributed by atoms with Crippen LogP contribution in [-0.2, 0) is 4.74 Å². The van der Waals surface area contributed by atoms with Gasteiger partial charge in [-0.2, -0.15) is 0 Å². The molecule has 96 valence electrons. The lowest BCUT2D eigenvalue weighted by atomic mass is 10.1. The number of hydrogen-bond donors (Lipinski definition) is 1. The van der Waals surface area contributed by atoms with Crippen molar-refractivity contribution in [2.75, 3.05) is 0 Å². The SMILES string of the molecule is O[C@H](/C=C/c1ccccc1)[C@H]1O[C@@H]1c1ccccc1. The molecule has 0 aromatic heterocycles. The van der Waals surface area contributed by atoms with Crippen LogP contribution < -0.4 is 0 Å². The lowest BCUT2D eigenvalue weighted by molar-refractivity contribution is 0.178. The van der Waals surface area contributed by atoms with Crippen LogP contribution in [0.25, 0.3) is 6.08 Å². The van der Waals surface area contributed by atoms with Gasteiger partial charge in [0.05, 0.1) is 0 Å². The predicted octanol–water partition coefficient (Wildman–Crippen LogP) is 3.20. The summed E-state index contributed by atoms with van der Waals surface area (Å²) in [6, 6.07) is 19.9. The molecule has 0 amide bonds. The van der Waals surface area contributed by atoms with E-state index in [9.17, 15) is 5.11 Å². The third-order valence-corrected chi connectivity index (χ3v) is 3.28. The minimum atomic E-state index is -0.564. The first kappa shape index (κ1) is 12.2. The Morgan fingerprint density at radius 1 is 0.947 bits per heavy atom. The molecule has 2 aromatic carbocycles. The largest absolute Gasteiger partial charge is 0.386 e. The minimum Gasteiger partial charge on any atom is -0.386 e. The van der Waals surface area contributed by atoms with Crippen LogP contribution in [0.1, 0.15) is 17.2 Å². The van der Waals surface area contributed by atoms with E-state index in [4.69, 9.17) is 4.74 Å². The molecule has 0 aliphatic carbocycles. The second-order valence-electron chi connectivity index (χ2n) is 4.69. The van der Waals surface area contributed by atoms with Crippen molar-refractivity contribution < 1.29 is 9.84 Å². The van der Waals surface area contributed by atoms with E-state index < -0.39 is 6.10 Å². The van der Waals surface area contributed by atoms with Gasteiger partial charge in [0.2, 0.25) is 0 Å². The Hall–Kier alpha value is -1.90. The van der Waals surface area contributed by atoms with Gasteiger partial charge in [-0.25, -0.2) is 0 Å². The molecule has 1 aliphatic rings. The molecule has 0 radical (unpaired) electrons. The molecule has 19 heavy (non-hydrogen) atoms. The fourth-order valence-corrected chi connectivity index (χ4v) is 2.18. The molecule has 1 saturated heterocycles. The fraction of sp³-hybridized carbons (Fsp3) is 0.176. The van der Waals surface area contributed by atoms with Gasteiger partial charge in [0, 0.05) is 0 Å². The number of aliphatic hydroxyl groups is 1. The van der Waals surface area contributed by atoms with Crippen molar-refractivity contribution in [1.29, 1.82) is 0 Å². The first-order valence-electron chi connectivity index (χ1n) is 6.46. The highest BCUT2D eigenvalue weighted by molar-refractivity contribution is 5.49.